The van der Waals surface area contributed by atoms with Crippen LogP contribution in [0.1, 0.15) is 89.7 Å². The second kappa shape index (κ2) is 10.8. The Bertz CT molecular complexity index is 1790. The van der Waals surface area contributed by atoms with Gasteiger partial charge in [0.05, 0.1) is 28.2 Å². The summed E-state index contributed by atoms with van der Waals surface area (Å²) in [5.74, 6) is 0.389. The lowest BCUT2D eigenvalue weighted by Gasteiger charge is -2.23. The second-order valence-corrected chi connectivity index (χ2v) is 11.2. The summed E-state index contributed by atoms with van der Waals surface area (Å²) in [6, 6.07) is 28.9. The van der Waals surface area contributed by atoms with Crippen LogP contribution in [-0.4, -0.2) is 32.4 Å². The van der Waals surface area contributed by atoms with Crippen LogP contribution in [0.25, 0.3) is 0 Å². The topological polar surface area (TPSA) is 95.1 Å². The van der Waals surface area contributed by atoms with E-state index in [2.05, 4.69) is 5.16 Å². The third-order valence-corrected chi connectivity index (χ3v) is 8.53. The molecule has 0 saturated carbocycles. The van der Waals surface area contributed by atoms with Crippen molar-refractivity contribution in [1.82, 2.24) is 14.9 Å². The smallest absolute Gasteiger partial charge is 0.278 e. The Balaban J connectivity index is 1.19. The summed E-state index contributed by atoms with van der Waals surface area (Å²) in [6.07, 6.45) is 2.67. The first-order chi connectivity index (χ1) is 20.6. The summed E-state index contributed by atoms with van der Waals surface area (Å²) in [5, 5.41) is 9.01. The first-order valence-corrected chi connectivity index (χ1v) is 14.4. The van der Waals surface area contributed by atoms with E-state index in [1.807, 2.05) is 78.9 Å². The highest BCUT2D eigenvalue weighted by Gasteiger charge is 2.36. The van der Waals surface area contributed by atoms with Crippen LogP contribution < -0.4 is 0 Å². The summed E-state index contributed by atoms with van der Waals surface area (Å²) < 4.78 is 7.10. The molecule has 42 heavy (non-hydrogen) atoms. The van der Waals surface area contributed by atoms with E-state index in [1.165, 1.54) is 4.68 Å². The van der Waals surface area contributed by atoms with Gasteiger partial charge in [0, 0.05) is 24.8 Å². The van der Waals surface area contributed by atoms with Crippen molar-refractivity contribution in [3.63, 3.8) is 0 Å². The van der Waals surface area contributed by atoms with E-state index in [9.17, 15) is 14.4 Å². The molecule has 7 rings (SSSR count). The normalized spacial score (nSPS) is 18.0. The molecule has 0 bridgehead atoms. The largest absolute Gasteiger partial charge is 0.360 e. The number of carbonyl (C=O) groups excluding carboxylic acids is 3. The van der Waals surface area contributed by atoms with Crippen LogP contribution in [0.3, 0.4) is 0 Å². The molecular formula is C35H29N3O4. The number of benzene rings is 3. The van der Waals surface area contributed by atoms with E-state index >= 15 is 0 Å². The maximum atomic E-state index is 13.6. The molecule has 3 aromatic carbocycles. The van der Waals surface area contributed by atoms with Crippen molar-refractivity contribution in [2.75, 3.05) is 0 Å². The molecule has 0 amide bonds. The molecule has 2 aromatic heterocycles. The molecule has 0 radical (unpaired) electrons. The van der Waals surface area contributed by atoms with Crippen LogP contribution in [0.15, 0.2) is 95.5 Å². The minimum absolute atomic E-state index is 0.0174. The lowest BCUT2D eigenvalue weighted by molar-refractivity contribution is 0.0933. The van der Waals surface area contributed by atoms with E-state index in [1.54, 1.807) is 12.1 Å². The fourth-order valence-corrected chi connectivity index (χ4v) is 6.46. The first-order valence-electron chi connectivity index (χ1n) is 14.4. The minimum atomic E-state index is -0.263. The van der Waals surface area contributed by atoms with Crippen LogP contribution in [0.2, 0.25) is 0 Å². The van der Waals surface area contributed by atoms with Gasteiger partial charge in [0.1, 0.15) is 5.76 Å². The van der Waals surface area contributed by atoms with Gasteiger partial charge in [-0.15, -0.1) is 0 Å². The number of nitrogens with zero attached hydrogens (tertiary/aromatic N) is 3. The van der Waals surface area contributed by atoms with Crippen molar-refractivity contribution >= 4 is 17.5 Å². The molecule has 2 unspecified atom stereocenters. The highest BCUT2D eigenvalue weighted by atomic mass is 16.5. The number of Topliss-reactive ketones (excluding diaryl/α,β-unsaturated/α-hetero) is 2. The average Bonchev–Trinajstić information content (AvgIpc) is 3.63. The molecule has 7 heteroatoms. The number of aromatic nitrogens is 3. The maximum Gasteiger partial charge on any atom is 0.278 e. The van der Waals surface area contributed by atoms with Gasteiger partial charge in [-0.25, -0.2) is 0 Å². The van der Waals surface area contributed by atoms with Crippen molar-refractivity contribution in [2.24, 2.45) is 0 Å². The highest BCUT2D eigenvalue weighted by Crippen LogP contribution is 2.37. The number of fused-ring (bicyclic) bond motifs is 2. The lowest BCUT2D eigenvalue weighted by Crippen LogP contribution is -2.24. The fraction of sp³-hybridized carbons (Fsp3) is 0.229. The van der Waals surface area contributed by atoms with E-state index in [0.29, 0.717) is 78.1 Å². The van der Waals surface area contributed by atoms with Gasteiger partial charge in [-0.3, -0.25) is 14.4 Å². The molecule has 5 aromatic rings. The second-order valence-electron chi connectivity index (χ2n) is 11.2. The number of ketones is 2. The Morgan fingerprint density at radius 3 is 1.88 bits per heavy atom. The first kappa shape index (κ1) is 26.0. The maximum absolute atomic E-state index is 13.6. The van der Waals surface area contributed by atoms with Gasteiger partial charge in [-0.05, 0) is 54.4 Å². The molecule has 0 aliphatic heterocycles. The number of carbonyl (C=O) groups is 3. The van der Waals surface area contributed by atoms with Crippen molar-refractivity contribution in [1.29, 1.82) is 0 Å². The van der Waals surface area contributed by atoms with Gasteiger partial charge in [-0.2, -0.15) is 9.78 Å². The minimum Gasteiger partial charge on any atom is -0.360 e. The molecule has 2 aliphatic rings. The van der Waals surface area contributed by atoms with Crippen molar-refractivity contribution < 1.29 is 18.9 Å². The molecule has 0 saturated heterocycles. The summed E-state index contributed by atoms with van der Waals surface area (Å²) in [6.45, 7) is 0. The quantitative estimate of drug-likeness (QED) is 0.249. The predicted octanol–water partition coefficient (Wildman–Crippen LogP) is 6.17. The zero-order chi connectivity index (χ0) is 28.6. The Morgan fingerprint density at radius 2 is 1.24 bits per heavy atom. The molecule has 2 heterocycles. The standard InChI is InChI=1S/C35H29N3O4/c39-30-19-25(22-10-4-1-5-11-22)18-29-33(30)27(36-38(29)35(41)24-14-8-3-9-15-24)16-17-28-34-31(40)20-26(21-32(34)42-37-28)23-12-6-2-7-13-23/h1-15,25-26H,16-21H2. The Morgan fingerprint density at radius 1 is 0.690 bits per heavy atom. The van der Waals surface area contributed by atoms with Crippen LogP contribution >= 0.6 is 0 Å². The third kappa shape index (κ3) is 4.71. The zero-order valence-electron chi connectivity index (χ0n) is 23.0. The van der Waals surface area contributed by atoms with Crippen LogP contribution in [0.5, 0.6) is 0 Å². The molecule has 7 nitrogen and oxygen atoms in total. The molecule has 0 spiro atoms. The predicted molar refractivity (Wildman–Crippen MR) is 156 cm³/mol. The molecule has 208 valence electrons. The van der Waals surface area contributed by atoms with Gasteiger partial charge < -0.3 is 4.52 Å². The molecule has 2 atom stereocenters. The van der Waals surface area contributed by atoms with Crippen molar-refractivity contribution in [3.05, 3.63) is 142 Å². The van der Waals surface area contributed by atoms with Crippen molar-refractivity contribution in [3.8, 4) is 0 Å². The lowest BCUT2D eigenvalue weighted by atomic mass is 9.80. The fourth-order valence-electron chi connectivity index (χ4n) is 6.46. The third-order valence-electron chi connectivity index (χ3n) is 8.53. The van der Waals surface area contributed by atoms with Gasteiger partial charge in [0.15, 0.2) is 11.6 Å². The van der Waals surface area contributed by atoms with Crippen molar-refractivity contribution in [2.45, 2.75) is 50.4 Å². The highest BCUT2D eigenvalue weighted by molar-refractivity contribution is 6.03. The Labute approximate surface area is 243 Å². The van der Waals surface area contributed by atoms with E-state index in [-0.39, 0.29) is 29.3 Å². The Hall–Kier alpha value is -4.91. The van der Waals surface area contributed by atoms with Gasteiger partial charge >= 0.3 is 0 Å². The van der Waals surface area contributed by atoms with Gasteiger partial charge in [0.25, 0.3) is 5.91 Å². The van der Waals surface area contributed by atoms with Gasteiger partial charge in [0.2, 0.25) is 0 Å². The van der Waals surface area contributed by atoms with Gasteiger partial charge in [-0.1, -0.05) is 84.0 Å². The molecule has 0 fully saturated rings. The summed E-state index contributed by atoms with van der Waals surface area (Å²) in [7, 11) is 0. The average molecular weight is 556 g/mol. The van der Waals surface area contributed by atoms with E-state index in [4.69, 9.17) is 9.62 Å². The molecular weight excluding hydrogens is 526 g/mol. The monoisotopic (exact) mass is 555 g/mol. The zero-order valence-corrected chi connectivity index (χ0v) is 23.0. The summed E-state index contributed by atoms with van der Waals surface area (Å²) >= 11 is 0. The van der Waals surface area contributed by atoms with Crippen LogP contribution in [-0.2, 0) is 25.7 Å². The van der Waals surface area contributed by atoms with E-state index < -0.39 is 0 Å². The SMILES string of the molecule is O=C1CC(c2ccccc2)Cc2onc(CCc3nn(C(=O)c4ccccc4)c4c3C(=O)CC(c3ccccc3)C4)c21. The van der Waals surface area contributed by atoms with Crippen LogP contribution in [0, 0.1) is 0 Å². The molecule has 2 aliphatic carbocycles. The van der Waals surface area contributed by atoms with E-state index in [0.717, 1.165) is 11.1 Å². The molecule has 0 N–H and O–H groups in total. The number of hydrogen-bond donors (Lipinski definition) is 0. The number of hydrogen-bond acceptors (Lipinski definition) is 6. The summed E-state index contributed by atoms with van der Waals surface area (Å²) in [4.78, 5) is 40.5. The van der Waals surface area contributed by atoms with Crippen LogP contribution in [0.4, 0.5) is 0 Å². The number of aryl methyl sites for hydroxylation is 2. The summed E-state index contributed by atoms with van der Waals surface area (Å²) in [5.41, 5.74) is 5.57. The Kier molecular flexibility index (Phi) is 6.70. The number of rotatable bonds is 6.